The Balaban J connectivity index is 4.62. The maximum Gasteiger partial charge on any atom is 0.309 e. The summed E-state index contributed by atoms with van der Waals surface area (Å²) in [4.78, 5) is 36.8. The van der Waals surface area contributed by atoms with Gasteiger partial charge < -0.3 is 14.2 Å². The molecule has 0 spiro atoms. The van der Waals surface area contributed by atoms with Crippen LogP contribution in [0, 0.1) is 5.92 Å². The smallest absolute Gasteiger partial charge is 0.309 e. The Morgan fingerprint density at radius 1 is 0.576 bits per heavy atom. The molecular formula is C27H50O6. The van der Waals surface area contributed by atoms with E-state index in [0.29, 0.717) is 12.8 Å². The highest BCUT2D eigenvalue weighted by molar-refractivity contribution is 5.72. The minimum atomic E-state index is -0.759. The maximum atomic E-state index is 12.5. The number of esters is 3. The molecular weight excluding hydrogens is 420 g/mol. The highest BCUT2D eigenvalue weighted by atomic mass is 16.6. The van der Waals surface area contributed by atoms with E-state index in [1.54, 1.807) is 0 Å². The average Bonchev–Trinajstić information content (AvgIpc) is 2.80. The van der Waals surface area contributed by atoms with Gasteiger partial charge in [-0.3, -0.25) is 14.4 Å². The molecule has 0 radical (unpaired) electrons. The lowest BCUT2D eigenvalue weighted by molar-refractivity contribution is -0.168. The zero-order valence-corrected chi connectivity index (χ0v) is 21.8. The van der Waals surface area contributed by atoms with Gasteiger partial charge in [-0.15, -0.1) is 0 Å². The molecule has 0 aromatic heterocycles. The molecule has 0 aliphatic carbocycles. The third-order valence-electron chi connectivity index (χ3n) is 5.72. The average molecular weight is 471 g/mol. The summed E-state index contributed by atoms with van der Waals surface area (Å²) < 4.78 is 16.4. The van der Waals surface area contributed by atoms with Crippen molar-refractivity contribution in [2.75, 3.05) is 13.2 Å². The van der Waals surface area contributed by atoms with Gasteiger partial charge in [-0.25, -0.2) is 0 Å². The second-order valence-corrected chi connectivity index (χ2v) is 9.03. The van der Waals surface area contributed by atoms with E-state index in [1.165, 1.54) is 12.8 Å². The fourth-order valence-electron chi connectivity index (χ4n) is 3.73. The predicted octanol–water partition coefficient (Wildman–Crippen LogP) is 6.92. The molecule has 0 aromatic rings. The van der Waals surface area contributed by atoms with E-state index in [9.17, 15) is 14.4 Å². The fraction of sp³-hybridized carbons (Fsp3) is 0.889. The molecule has 0 aromatic carbocycles. The number of carbonyl (C=O) groups is 3. The first-order valence-electron chi connectivity index (χ1n) is 13.5. The van der Waals surface area contributed by atoms with Crippen molar-refractivity contribution in [3.05, 3.63) is 0 Å². The van der Waals surface area contributed by atoms with Crippen molar-refractivity contribution in [1.29, 1.82) is 0 Å². The Hall–Kier alpha value is -1.59. The molecule has 0 saturated carbocycles. The quantitative estimate of drug-likeness (QED) is 0.0970. The van der Waals surface area contributed by atoms with E-state index in [1.807, 2.05) is 13.8 Å². The Bertz CT molecular complexity index is 499. The number of hydrogen-bond acceptors (Lipinski definition) is 6. The first kappa shape index (κ1) is 31.4. The van der Waals surface area contributed by atoms with Crippen molar-refractivity contribution in [2.24, 2.45) is 5.92 Å². The summed E-state index contributed by atoms with van der Waals surface area (Å²) in [7, 11) is 0. The molecule has 0 saturated heterocycles. The van der Waals surface area contributed by atoms with E-state index in [4.69, 9.17) is 14.2 Å². The number of carbonyl (C=O) groups excluding carboxylic acids is 3. The highest BCUT2D eigenvalue weighted by Crippen LogP contribution is 2.16. The van der Waals surface area contributed by atoms with Crippen LogP contribution in [0.25, 0.3) is 0 Å². The fourth-order valence-corrected chi connectivity index (χ4v) is 3.73. The van der Waals surface area contributed by atoms with Gasteiger partial charge in [0, 0.05) is 12.8 Å². The van der Waals surface area contributed by atoms with Gasteiger partial charge in [0.2, 0.25) is 0 Å². The lowest BCUT2D eigenvalue weighted by atomic mass is 9.99. The lowest BCUT2D eigenvalue weighted by Crippen LogP contribution is -2.32. The molecule has 1 unspecified atom stereocenters. The van der Waals surface area contributed by atoms with Crippen LogP contribution in [0.5, 0.6) is 0 Å². The summed E-state index contributed by atoms with van der Waals surface area (Å²) in [5, 5.41) is 0. The number of ether oxygens (including phenoxy) is 3. The van der Waals surface area contributed by atoms with Crippen LogP contribution in [-0.4, -0.2) is 37.2 Å². The monoisotopic (exact) mass is 470 g/mol. The number of rotatable bonds is 22. The Morgan fingerprint density at radius 2 is 1.06 bits per heavy atom. The van der Waals surface area contributed by atoms with Crippen LogP contribution in [-0.2, 0) is 28.6 Å². The predicted molar refractivity (Wildman–Crippen MR) is 132 cm³/mol. The second kappa shape index (κ2) is 22.2. The van der Waals surface area contributed by atoms with Gasteiger partial charge in [-0.1, -0.05) is 91.9 Å². The molecule has 0 rings (SSSR count). The van der Waals surface area contributed by atoms with Gasteiger partial charge in [0.05, 0.1) is 5.92 Å². The summed E-state index contributed by atoms with van der Waals surface area (Å²) in [6, 6.07) is 0. The van der Waals surface area contributed by atoms with Crippen LogP contribution in [0.3, 0.4) is 0 Å². The van der Waals surface area contributed by atoms with Crippen molar-refractivity contribution in [3.63, 3.8) is 0 Å². The summed E-state index contributed by atoms with van der Waals surface area (Å²) >= 11 is 0. The Labute approximate surface area is 202 Å². The van der Waals surface area contributed by atoms with E-state index >= 15 is 0 Å². The van der Waals surface area contributed by atoms with Gasteiger partial charge in [0.1, 0.15) is 13.2 Å². The van der Waals surface area contributed by atoms with Crippen LogP contribution in [0.4, 0.5) is 0 Å². The summed E-state index contributed by atoms with van der Waals surface area (Å²) in [6.07, 6.45) is 13.8. The molecule has 0 N–H and O–H groups in total. The normalized spacial score (nSPS) is 11.9. The summed E-state index contributed by atoms with van der Waals surface area (Å²) in [5.74, 6) is -1.03. The molecule has 194 valence electrons. The molecule has 6 heteroatoms. The van der Waals surface area contributed by atoms with Crippen molar-refractivity contribution < 1.29 is 28.6 Å². The van der Waals surface area contributed by atoms with E-state index in [-0.39, 0.29) is 37.0 Å². The largest absolute Gasteiger partial charge is 0.462 e. The zero-order valence-electron chi connectivity index (χ0n) is 21.8. The van der Waals surface area contributed by atoms with Crippen LogP contribution >= 0.6 is 0 Å². The molecule has 6 nitrogen and oxygen atoms in total. The van der Waals surface area contributed by atoms with Gasteiger partial charge >= 0.3 is 17.9 Å². The number of hydrogen-bond donors (Lipinski definition) is 0. The topological polar surface area (TPSA) is 78.9 Å². The standard InChI is InChI=1S/C27H50O6/c1-5-9-11-13-15-19-25(28)31-21-24(33-26(29)20-16-14-12-10-6-2)22-32-27(30)23(17-7-3)18-8-4/h23-24H,5-22H2,1-4H3. The van der Waals surface area contributed by atoms with E-state index in [2.05, 4.69) is 13.8 Å². The molecule has 0 bridgehead atoms. The highest BCUT2D eigenvalue weighted by Gasteiger charge is 2.23. The van der Waals surface area contributed by atoms with Crippen molar-refractivity contribution >= 4 is 17.9 Å². The number of unbranched alkanes of at least 4 members (excludes halogenated alkanes) is 8. The Morgan fingerprint density at radius 3 is 1.58 bits per heavy atom. The zero-order chi connectivity index (χ0) is 24.7. The van der Waals surface area contributed by atoms with Gasteiger partial charge in [-0.05, 0) is 25.7 Å². The molecule has 33 heavy (non-hydrogen) atoms. The molecule has 0 aliphatic rings. The third kappa shape index (κ3) is 18.5. The SMILES string of the molecule is CCCCCCCC(=O)OCC(COC(=O)C(CCC)CCC)OC(=O)CCCCCCC. The van der Waals surface area contributed by atoms with Gasteiger partial charge in [0.25, 0.3) is 0 Å². The van der Waals surface area contributed by atoms with Crippen LogP contribution in [0.2, 0.25) is 0 Å². The summed E-state index contributed by atoms with van der Waals surface area (Å²) in [6.45, 7) is 8.24. The first-order valence-corrected chi connectivity index (χ1v) is 13.5. The van der Waals surface area contributed by atoms with Gasteiger partial charge in [-0.2, -0.15) is 0 Å². The molecule has 0 fully saturated rings. The first-order chi connectivity index (χ1) is 16.0. The summed E-state index contributed by atoms with van der Waals surface area (Å²) in [5.41, 5.74) is 0. The minimum Gasteiger partial charge on any atom is -0.462 e. The maximum absolute atomic E-state index is 12.5. The molecule has 1 atom stereocenters. The van der Waals surface area contributed by atoms with E-state index < -0.39 is 6.10 Å². The molecule has 0 amide bonds. The van der Waals surface area contributed by atoms with Crippen LogP contribution < -0.4 is 0 Å². The van der Waals surface area contributed by atoms with Gasteiger partial charge in [0.15, 0.2) is 6.10 Å². The lowest BCUT2D eigenvalue weighted by Gasteiger charge is -2.20. The van der Waals surface area contributed by atoms with Crippen LogP contribution in [0.15, 0.2) is 0 Å². The Kier molecular flexibility index (Phi) is 21.1. The van der Waals surface area contributed by atoms with Crippen molar-refractivity contribution in [3.8, 4) is 0 Å². The molecule has 0 aliphatic heterocycles. The van der Waals surface area contributed by atoms with Crippen molar-refractivity contribution in [2.45, 2.75) is 137 Å². The second-order valence-electron chi connectivity index (χ2n) is 9.03. The van der Waals surface area contributed by atoms with Crippen molar-refractivity contribution in [1.82, 2.24) is 0 Å². The molecule has 0 heterocycles. The van der Waals surface area contributed by atoms with E-state index in [0.717, 1.165) is 77.0 Å². The minimum absolute atomic E-state index is 0.0745. The van der Waals surface area contributed by atoms with Crippen LogP contribution in [0.1, 0.15) is 130 Å². The third-order valence-corrected chi connectivity index (χ3v) is 5.72.